The lowest BCUT2D eigenvalue weighted by molar-refractivity contribution is 0.387. The molecule has 2 atom stereocenters. The SMILES string of the molecule is [C-]#[N+][C@@H](C)C1CCN(C)C1. The molecule has 1 unspecified atom stereocenters. The highest BCUT2D eigenvalue weighted by Gasteiger charge is 2.27. The molecule has 0 aromatic rings. The van der Waals surface area contributed by atoms with Crippen LogP contribution in [0.25, 0.3) is 4.85 Å². The highest BCUT2D eigenvalue weighted by atomic mass is 15.1. The van der Waals surface area contributed by atoms with Crippen molar-refractivity contribution in [1.82, 2.24) is 4.90 Å². The van der Waals surface area contributed by atoms with Crippen LogP contribution in [0.1, 0.15) is 13.3 Å². The number of rotatable bonds is 1. The van der Waals surface area contributed by atoms with Crippen molar-refractivity contribution in [2.24, 2.45) is 5.92 Å². The van der Waals surface area contributed by atoms with Gasteiger partial charge in [0.15, 0.2) is 0 Å². The van der Waals surface area contributed by atoms with E-state index in [1.807, 2.05) is 6.92 Å². The Morgan fingerprint density at radius 2 is 2.40 bits per heavy atom. The first-order valence-electron chi connectivity index (χ1n) is 3.79. The summed E-state index contributed by atoms with van der Waals surface area (Å²) in [4.78, 5) is 5.83. The van der Waals surface area contributed by atoms with Crippen molar-refractivity contribution in [3.63, 3.8) is 0 Å². The second-order valence-corrected chi connectivity index (χ2v) is 3.18. The minimum absolute atomic E-state index is 0.227. The van der Waals surface area contributed by atoms with E-state index in [9.17, 15) is 0 Å². The maximum absolute atomic E-state index is 6.85. The first kappa shape index (κ1) is 7.56. The molecule has 0 amide bonds. The van der Waals surface area contributed by atoms with Gasteiger partial charge in [0.2, 0.25) is 6.04 Å². The third-order valence-electron chi connectivity index (χ3n) is 2.31. The van der Waals surface area contributed by atoms with Gasteiger partial charge in [0.1, 0.15) is 0 Å². The highest BCUT2D eigenvalue weighted by molar-refractivity contribution is 4.87. The van der Waals surface area contributed by atoms with Gasteiger partial charge >= 0.3 is 0 Å². The second-order valence-electron chi connectivity index (χ2n) is 3.18. The fraction of sp³-hybridized carbons (Fsp3) is 0.875. The Bertz CT molecular complexity index is 148. The van der Waals surface area contributed by atoms with Gasteiger partial charge in [-0.25, -0.2) is 6.57 Å². The monoisotopic (exact) mass is 138 g/mol. The Morgan fingerprint density at radius 1 is 1.70 bits per heavy atom. The molecule has 1 fully saturated rings. The van der Waals surface area contributed by atoms with Crippen LogP contribution in [-0.2, 0) is 0 Å². The van der Waals surface area contributed by atoms with Crippen LogP contribution < -0.4 is 0 Å². The van der Waals surface area contributed by atoms with E-state index in [1.165, 1.54) is 13.0 Å². The minimum atomic E-state index is 0.227. The predicted molar refractivity (Wildman–Crippen MR) is 41.7 cm³/mol. The van der Waals surface area contributed by atoms with Gasteiger partial charge in [-0.1, -0.05) is 0 Å². The molecule has 1 saturated heterocycles. The van der Waals surface area contributed by atoms with Gasteiger partial charge in [0, 0.05) is 19.4 Å². The van der Waals surface area contributed by atoms with Crippen LogP contribution in [0.15, 0.2) is 0 Å². The smallest absolute Gasteiger partial charge is 0.225 e. The van der Waals surface area contributed by atoms with E-state index < -0.39 is 0 Å². The maximum atomic E-state index is 6.85. The molecule has 0 aromatic heterocycles. The molecule has 0 radical (unpaired) electrons. The summed E-state index contributed by atoms with van der Waals surface area (Å²) in [6, 6.07) is 0.227. The van der Waals surface area contributed by atoms with Crippen molar-refractivity contribution in [3.05, 3.63) is 11.4 Å². The molecule has 2 heteroatoms. The molecule has 0 spiro atoms. The first-order chi connectivity index (χ1) is 4.74. The third-order valence-corrected chi connectivity index (χ3v) is 2.31. The van der Waals surface area contributed by atoms with Gasteiger partial charge in [0.05, 0.1) is 0 Å². The lowest BCUT2D eigenvalue weighted by atomic mass is 10.0. The standard InChI is InChI=1S/C8H14N2/c1-7(9-2)8-4-5-10(3)6-8/h7-8H,4-6H2,1,3H3/t7-,8?/m0/s1. The fourth-order valence-electron chi connectivity index (χ4n) is 1.47. The van der Waals surface area contributed by atoms with Crippen LogP contribution >= 0.6 is 0 Å². The van der Waals surface area contributed by atoms with Crippen molar-refractivity contribution < 1.29 is 0 Å². The summed E-state index contributed by atoms with van der Waals surface area (Å²) in [6.07, 6.45) is 1.21. The number of hydrogen-bond acceptors (Lipinski definition) is 1. The van der Waals surface area contributed by atoms with E-state index in [2.05, 4.69) is 16.8 Å². The van der Waals surface area contributed by atoms with E-state index in [0.29, 0.717) is 5.92 Å². The molecule has 1 heterocycles. The van der Waals surface area contributed by atoms with Crippen molar-refractivity contribution in [3.8, 4) is 0 Å². The molecule has 0 saturated carbocycles. The van der Waals surface area contributed by atoms with E-state index >= 15 is 0 Å². The van der Waals surface area contributed by atoms with E-state index in [0.717, 1.165) is 6.54 Å². The summed E-state index contributed by atoms with van der Waals surface area (Å²) >= 11 is 0. The van der Waals surface area contributed by atoms with Gasteiger partial charge in [-0.3, -0.25) is 0 Å². The molecule has 0 bridgehead atoms. The lowest BCUT2D eigenvalue weighted by Crippen LogP contribution is -2.18. The highest BCUT2D eigenvalue weighted by Crippen LogP contribution is 2.19. The normalized spacial score (nSPS) is 29.9. The van der Waals surface area contributed by atoms with Gasteiger partial charge in [-0.05, 0) is 20.0 Å². The summed E-state index contributed by atoms with van der Waals surface area (Å²) in [5, 5.41) is 0. The molecule has 0 aromatic carbocycles. The van der Waals surface area contributed by atoms with Gasteiger partial charge in [0.25, 0.3) is 0 Å². The van der Waals surface area contributed by atoms with Gasteiger partial charge in [-0.15, -0.1) is 0 Å². The van der Waals surface area contributed by atoms with Crippen LogP contribution in [-0.4, -0.2) is 31.1 Å². The number of likely N-dealkylation sites (tertiary alicyclic amines) is 1. The maximum Gasteiger partial charge on any atom is 0.225 e. The average molecular weight is 138 g/mol. The van der Waals surface area contributed by atoms with Crippen molar-refractivity contribution in [2.45, 2.75) is 19.4 Å². The van der Waals surface area contributed by atoms with Crippen LogP contribution in [0.3, 0.4) is 0 Å². The topological polar surface area (TPSA) is 7.60 Å². The summed E-state index contributed by atoms with van der Waals surface area (Å²) in [5.74, 6) is 0.627. The van der Waals surface area contributed by atoms with Crippen LogP contribution in [0.2, 0.25) is 0 Å². The van der Waals surface area contributed by atoms with E-state index in [-0.39, 0.29) is 6.04 Å². The van der Waals surface area contributed by atoms with Crippen LogP contribution in [0.5, 0.6) is 0 Å². The minimum Gasteiger partial charge on any atom is -0.314 e. The Morgan fingerprint density at radius 3 is 2.80 bits per heavy atom. The summed E-state index contributed by atoms with van der Waals surface area (Å²) in [7, 11) is 2.12. The molecular formula is C8H14N2. The Balaban J connectivity index is 2.39. The van der Waals surface area contributed by atoms with Crippen molar-refractivity contribution in [2.75, 3.05) is 20.1 Å². The zero-order valence-electron chi connectivity index (χ0n) is 6.67. The summed E-state index contributed by atoms with van der Waals surface area (Å²) in [5.41, 5.74) is 0. The summed E-state index contributed by atoms with van der Waals surface area (Å²) < 4.78 is 0. The summed E-state index contributed by atoms with van der Waals surface area (Å²) in [6.45, 7) is 11.2. The largest absolute Gasteiger partial charge is 0.314 e. The molecule has 1 aliphatic rings. The first-order valence-corrected chi connectivity index (χ1v) is 3.79. The fourth-order valence-corrected chi connectivity index (χ4v) is 1.47. The van der Waals surface area contributed by atoms with Crippen molar-refractivity contribution in [1.29, 1.82) is 0 Å². The molecule has 1 rings (SSSR count). The van der Waals surface area contributed by atoms with Crippen LogP contribution in [0, 0.1) is 12.5 Å². The molecule has 2 nitrogen and oxygen atoms in total. The van der Waals surface area contributed by atoms with Gasteiger partial charge < -0.3 is 9.74 Å². The molecule has 0 N–H and O–H groups in total. The molecule has 1 aliphatic heterocycles. The average Bonchev–Trinajstić information content (AvgIpc) is 2.34. The molecule has 10 heavy (non-hydrogen) atoms. The lowest BCUT2D eigenvalue weighted by Gasteiger charge is -2.08. The zero-order valence-corrected chi connectivity index (χ0v) is 6.67. The molecule has 56 valence electrons. The molecular weight excluding hydrogens is 124 g/mol. The Labute approximate surface area is 62.7 Å². The van der Waals surface area contributed by atoms with Crippen molar-refractivity contribution >= 4 is 0 Å². The van der Waals surface area contributed by atoms with E-state index in [4.69, 9.17) is 6.57 Å². The molecule has 0 aliphatic carbocycles. The Kier molecular flexibility index (Phi) is 2.29. The third kappa shape index (κ3) is 1.48. The predicted octanol–water partition coefficient (Wildman–Crippen LogP) is 1.25. The zero-order chi connectivity index (χ0) is 7.56. The number of hydrogen-bond donors (Lipinski definition) is 0. The Hall–Kier alpha value is -0.550. The van der Waals surface area contributed by atoms with Crippen LogP contribution in [0.4, 0.5) is 0 Å². The number of nitrogens with zero attached hydrogens (tertiary/aromatic N) is 2. The second kappa shape index (κ2) is 3.03. The van der Waals surface area contributed by atoms with Gasteiger partial charge in [-0.2, -0.15) is 0 Å². The van der Waals surface area contributed by atoms with E-state index in [1.54, 1.807) is 0 Å². The quantitative estimate of drug-likeness (QED) is 0.495.